The monoisotopic (exact) mass is 710 g/mol. The van der Waals surface area contributed by atoms with E-state index in [-0.39, 0.29) is 0 Å². The number of aromatic nitrogens is 2. The third kappa shape index (κ3) is 5.42. The van der Waals surface area contributed by atoms with E-state index in [2.05, 4.69) is 193 Å². The first-order valence-corrected chi connectivity index (χ1v) is 19.1. The van der Waals surface area contributed by atoms with Crippen LogP contribution in [0.1, 0.15) is 0 Å². The van der Waals surface area contributed by atoms with E-state index in [4.69, 9.17) is 4.98 Å². The van der Waals surface area contributed by atoms with Gasteiger partial charge in [0.2, 0.25) is 0 Å². The van der Waals surface area contributed by atoms with Gasteiger partial charge in [0.05, 0.1) is 11.4 Å². The molecule has 11 aromatic rings. The summed E-state index contributed by atoms with van der Waals surface area (Å²) in [4.78, 5) is 9.63. The predicted molar refractivity (Wildman–Crippen MR) is 237 cm³/mol. The van der Waals surface area contributed by atoms with Crippen LogP contribution in [0.4, 0.5) is 0 Å². The lowest BCUT2D eigenvalue weighted by Crippen LogP contribution is -1.92. The van der Waals surface area contributed by atoms with Gasteiger partial charge in [-0.15, -0.1) is 0 Å². The second-order valence-corrected chi connectivity index (χ2v) is 14.6. The normalized spacial score (nSPS) is 11.6. The Balaban J connectivity index is 1.08. The average Bonchev–Trinajstić information content (AvgIpc) is 3.27. The van der Waals surface area contributed by atoms with Crippen molar-refractivity contribution in [3.63, 3.8) is 0 Å². The summed E-state index contributed by atoms with van der Waals surface area (Å²) in [5.41, 5.74) is 11.3. The number of hydrogen-bond donors (Lipinski definition) is 0. The first-order valence-electron chi connectivity index (χ1n) is 19.1. The van der Waals surface area contributed by atoms with Crippen LogP contribution in [0.2, 0.25) is 0 Å². The molecule has 0 unspecified atom stereocenters. The molecule has 0 amide bonds. The Bertz CT molecular complexity index is 3300. The molecule has 2 heterocycles. The number of rotatable bonds is 5. The largest absolute Gasteiger partial charge is 0.263 e. The van der Waals surface area contributed by atoms with Crippen molar-refractivity contribution >= 4 is 53.9 Å². The highest BCUT2D eigenvalue weighted by Crippen LogP contribution is 2.46. The molecule has 0 aliphatic heterocycles. The summed E-state index contributed by atoms with van der Waals surface area (Å²) >= 11 is 0. The van der Waals surface area contributed by atoms with E-state index in [1.165, 1.54) is 70.9 Å². The van der Waals surface area contributed by atoms with Crippen LogP contribution in [0.25, 0.3) is 110 Å². The molecule has 0 atom stereocenters. The van der Waals surface area contributed by atoms with E-state index < -0.39 is 0 Å². The molecule has 56 heavy (non-hydrogen) atoms. The molecule has 0 aliphatic rings. The van der Waals surface area contributed by atoms with Crippen molar-refractivity contribution in [1.29, 1.82) is 0 Å². The summed E-state index contributed by atoms with van der Waals surface area (Å²) in [6.45, 7) is 0. The highest BCUT2D eigenvalue weighted by molar-refractivity contribution is 6.22. The van der Waals surface area contributed by atoms with Crippen LogP contribution in [0.5, 0.6) is 0 Å². The number of fused-ring (bicyclic) bond motifs is 5. The Morgan fingerprint density at radius 1 is 0.268 bits per heavy atom. The van der Waals surface area contributed by atoms with Crippen LogP contribution in [0, 0.1) is 0 Å². The Labute approximate surface area is 325 Å². The van der Waals surface area contributed by atoms with Gasteiger partial charge < -0.3 is 0 Å². The van der Waals surface area contributed by atoms with E-state index in [9.17, 15) is 0 Å². The Morgan fingerprint density at radius 2 is 0.768 bits per heavy atom. The SMILES string of the molecule is c1cc(-c2ccc(-c3ccc4c(-c5ccc6ccccc6c5)c5ccccc5c(-c5ccc6ccccc6c5)c4c3)cc2)nc(-c2cncc3ccccc23)c1. The molecule has 0 N–H and O–H groups in total. The summed E-state index contributed by atoms with van der Waals surface area (Å²) in [6.07, 6.45) is 3.82. The zero-order valence-electron chi connectivity index (χ0n) is 30.5. The zero-order chi connectivity index (χ0) is 37.0. The van der Waals surface area contributed by atoms with Crippen LogP contribution in [0.3, 0.4) is 0 Å². The van der Waals surface area contributed by atoms with Gasteiger partial charge in [-0.2, -0.15) is 0 Å². The molecule has 2 aromatic heterocycles. The molecule has 0 aliphatic carbocycles. The molecule has 2 heteroatoms. The third-order valence-corrected chi connectivity index (χ3v) is 11.3. The highest BCUT2D eigenvalue weighted by Gasteiger charge is 2.18. The lowest BCUT2D eigenvalue weighted by atomic mass is 9.84. The second kappa shape index (κ2) is 13.2. The van der Waals surface area contributed by atoms with E-state index in [1.54, 1.807) is 0 Å². The van der Waals surface area contributed by atoms with Gasteiger partial charge in [0.15, 0.2) is 0 Å². The standard InChI is InChI=1S/C54H34N2/c1-3-12-39-30-42(26-22-35(39)10-1)53-46-16-7-8-17-47(46)54(43-27-23-36-11-2-4-13-40(36)31-43)49-32-41(28-29-48(49)53)37-20-24-38(25-21-37)51-18-9-19-52(56-51)50-34-55-33-44-14-5-6-15-45(44)50/h1-34H. The van der Waals surface area contributed by atoms with Crippen molar-refractivity contribution in [2.24, 2.45) is 0 Å². The first-order chi connectivity index (χ1) is 27.7. The third-order valence-electron chi connectivity index (χ3n) is 11.3. The molecule has 0 saturated carbocycles. The van der Waals surface area contributed by atoms with Crippen LogP contribution in [-0.2, 0) is 0 Å². The number of nitrogens with zero attached hydrogens (tertiary/aromatic N) is 2. The maximum Gasteiger partial charge on any atom is 0.0731 e. The first kappa shape index (κ1) is 32.0. The fourth-order valence-corrected chi connectivity index (χ4v) is 8.57. The molecule has 0 saturated heterocycles. The maximum absolute atomic E-state index is 5.12. The average molecular weight is 711 g/mol. The molecule has 0 bridgehead atoms. The van der Waals surface area contributed by atoms with Gasteiger partial charge in [0.25, 0.3) is 0 Å². The lowest BCUT2D eigenvalue weighted by Gasteiger charge is -2.19. The number of benzene rings is 9. The van der Waals surface area contributed by atoms with Crippen LogP contribution in [0.15, 0.2) is 207 Å². The van der Waals surface area contributed by atoms with Crippen molar-refractivity contribution < 1.29 is 0 Å². The highest BCUT2D eigenvalue weighted by atomic mass is 14.7. The summed E-state index contributed by atoms with van der Waals surface area (Å²) in [5.74, 6) is 0. The van der Waals surface area contributed by atoms with Crippen molar-refractivity contribution in [3.8, 4) is 55.9 Å². The van der Waals surface area contributed by atoms with Gasteiger partial charge in [-0.3, -0.25) is 4.98 Å². The van der Waals surface area contributed by atoms with Gasteiger partial charge in [-0.05, 0) is 112 Å². The van der Waals surface area contributed by atoms with Gasteiger partial charge in [0, 0.05) is 28.9 Å². The maximum atomic E-state index is 5.12. The number of hydrogen-bond acceptors (Lipinski definition) is 2. The molecular formula is C54H34N2. The predicted octanol–water partition coefficient (Wildman–Crippen LogP) is 14.6. The van der Waals surface area contributed by atoms with Crippen LogP contribution in [-0.4, -0.2) is 9.97 Å². The molecule has 0 fully saturated rings. The minimum atomic E-state index is 0.918. The second-order valence-electron chi connectivity index (χ2n) is 14.6. The Kier molecular flexibility index (Phi) is 7.53. The van der Waals surface area contributed by atoms with Crippen molar-refractivity contribution in [2.45, 2.75) is 0 Å². The minimum absolute atomic E-state index is 0.918. The van der Waals surface area contributed by atoms with Gasteiger partial charge in [-0.1, -0.05) is 164 Å². The van der Waals surface area contributed by atoms with E-state index >= 15 is 0 Å². The molecule has 2 nitrogen and oxygen atoms in total. The lowest BCUT2D eigenvalue weighted by molar-refractivity contribution is 1.30. The molecule has 11 rings (SSSR count). The van der Waals surface area contributed by atoms with Gasteiger partial charge in [-0.25, -0.2) is 4.98 Å². The Morgan fingerprint density at radius 3 is 1.45 bits per heavy atom. The molecular weight excluding hydrogens is 677 g/mol. The van der Waals surface area contributed by atoms with Gasteiger partial charge >= 0.3 is 0 Å². The quantitative estimate of drug-likeness (QED) is 0.166. The zero-order valence-corrected chi connectivity index (χ0v) is 30.5. The van der Waals surface area contributed by atoms with Crippen molar-refractivity contribution in [2.75, 3.05) is 0 Å². The van der Waals surface area contributed by atoms with Crippen LogP contribution < -0.4 is 0 Å². The summed E-state index contributed by atoms with van der Waals surface area (Å²) in [5, 5.41) is 12.2. The van der Waals surface area contributed by atoms with Crippen molar-refractivity contribution in [3.05, 3.63) is 207 Å². The molecule has 0 radical (unpaired) electrons. The number of pyridine rings is 2. The van der Waals surface area contributed by atoms with Crippen LogP contribution >= 0.6 is 0 Å². The Hall–Kier alpha value is -7.42. The smallest absolute Gasteiger partial charge is 0.0731 e. The van der Waals surface area contributed by atoms with Gasteiger partial charge in [0.1, 0.15) is 0 Å². The minimum Gasteiger partial charge on any atom is -0.263 e. The fourth-order valence-electron chi connectivity index (χ4n) is 8.57. The van der Waals surface area contributed by atoms with E-state index in [0.717, 1.165) is 38.9 Å². The summed E-state index contributed by atoms with van der Waals surface area (Å²) in [6, 6.07) is 70.4. The molecule has 260 valence electrons. The summed E-state index contributed by atoms with van der Waals surface area (Å²) < 4.78 is 0. The topological polar surface area (TPSA) is 25.8 Å². The van der Waals surface area contributed by atoms with E-state index in [1.807, 2.05) is 18.5 Å². The van der Waals surface area contributed by atoms with E-state index in [0.29, 0.717) is 0 Å². The molecule has 9 aromatic carbocycles. The van der Waals surface area contributed by atoms with Crippen molar-refractivity contribution in [1.82, 2.24) is 9.97 Å². The fraction of sp³-hybridized carbons (Fsp3) is 0. The molecule has 0 spiro atoms. The summed E-state index contributed by atoms with van der Waals surface area (Å²) in [7, 11) is 0.